The number of rotatable bonds is 11. The lowest BCUT2D eigenvalue weighted by molar-refractivity contribution is -0.143. The molecule has 2 heterocycles. The molecule has 3 aliphatic rings. The third-order valence-corrected chi connectivity index (χ3v) is 9.62. The van der Waals surface area contributed by atoms with Crippen LogP contribution in [-0.2, 0) is 10.4 Å². The molecule has 39 heavy (non-hydrogen) atoms. The second-order valence-corrected chi connectivity index (χ2v) is 12.8. The molecule has 0 bridgehead atoms. The zero-order valence-electron chi connectivity index (χ0n) is 23.6. The molecule has 2 aliphatic heterocycles. The Bertz CT molecular complexity index is 1110. The SMILES string of the molecule is Cc1cccc([C@H]2CN([C@H](CC3CC3)C(=O)O)C[C@@H]2CN2CCC(CCC(C)(O)c3ccc(F)cc3)CC2)c1. The summed E-state index contributed by atoms with van der Waals surface area (Å²) in [5, 5.41) is 21.0. The second kappa shape index (κ2) is 12.1. The van der Waals surface area contributed by atoms with E-state index in [4.69, 9.17) is 0 Å². The number of aliphatic carboxylic acids is 1. The molecule has 212 valence electrons. The van der Waals surface area contributed by atoms with Crippen molar-refractivity contribution in [2.45, 2.75) is 76.4 Å². The van der Waals surface area contributed by atoms with E-state index in [0.717, 1.165) is 64.0 Å². The predicted molar refractivity (Wildman–Crippen MR) is 152 cm³/mol. The van der Waals surface area contributed by atoms with Gasteiger partial charge in [-0.05, 0) is 100 Å². The zero-order chi connectivity index (χ0) is 27.6. The Morgan fingerprint density at radius 3 is 2.41 bits per heavy atom. The van der Waals surface area contributed by atoms with Crippen molar-refractivity contribution < 1.29 is 19.4 Å². The molecule has 4 atom stereocenters. The average molecular weight is 537 g/mol. The van der Waals surface area contributed by atoms with Crippen molar-refractivity contribution >= 4 is 5.97 Å². The lowest BCUT2D eigenvalue weighted by atomic mass is 9.83. The number of nitrogens with zero attached hydrogens (tertiary/aromatic N) is 2. The molecule has 2 aromatic carbocycles. The summed E-state index contributed by atoms with van der Waals surface area (Å²) in [5.74, 6) is 1.00. The number of carboxylic acid groups (broad SMARTS) is 1. The largest absolute Gasteiger partial charge is 0.480 e. The van der Waals surface area contributed by atoms with Crippen LogP contribution in [0.2, 0.25) is 0 Å². The maximum atomic E-state index is 13.3. The van der Waals surface area contributed by atoms with Crippen LogP contribution < -0.4 is 0 Å². The first-order chi connectivity index (χ1) is 18.7. The summed E-state index contributed by atoms with van der Waals surface area (Å²) in [6.45, 7) is 8.74. The third-order valence-electron chi connectivity index (χ3n) is 9.62. The van der Waals surface area contributed by atoms with E-state index in [-0.39, 0.29) is 11.9 Å². The number of halogens is 1. The first-order valence-electron chi connectivity index (χ1n) is 14.9. The van der Waals surface area contributed by atoms with Crippen LogP contribution in [-0.4, -0.2) is 64.7 Å². The van der Waals surface area contributed by atoms with Gasteiger partial charge >= 0.3 is 5.97 Å². The highest BCUT2D eigenvalue weighted by atomic mass is 19.1. The Balaban J connectivity index is 1.18. The van der Waals surface area contributed by atoms with Crippen LogP contribution in [0.15, 0.2) is 48.5 Å². The first kappa shape index (κ1) is 28.3. The molecule has 6 heteroatoms. The Morgan fingerprint density at radius 2 is 1.77 bits per heavy atom. The molecule has 0 aromatic heterocycles. The van der Waals surface area contributed by atoms with Crippen LogP contribution >= 0.6 is 0 Å². The van der Waals surface area contributed by atoms with Gasteiger partial charge in [0, 0.05) is 25.6 Å². The molecular weight excluding hydrogens is 491 g/mol. The Hall–Kier alpha value is -2.28. The smallest absolute Gasteiger partial charge is 0.320 e. The minimum Gasteiger partial charge on any atom is -0.480 e. The number of benzene rings is 2. The highest BCUT2D eigenvalue weighted by Crippen LogP contribution is 2.40. The minimum absolute atomic E-state index is 0.279. The molecule has 5 rings (SSSR count). The van der Waals surface area contributed by atoms with Gasteiger partial charge in [-0.25, -0.2) is 4.39 Å². The molecule has 0 amide bonds. The molecule has 5 nitrogen and oxygen atoms in total. The standard InChI is InChI=1S/C33H45FN2O3/c1-23-4-3-5-26(18-23)30-22-36(31(32(37)38)19-25-6-7-25)21-27(30)20-35-16-13-24(14-17-35)12-15-33(2,39)28-8-10-29(34)11-9-28/h3-5,8-11,18,24-25,27,30-31,39H,6-7,12-17,19-22H2,1-2H3,(H,37,38)/t27-,30+,31+,33?/m0/s1. The van der Waals surface area contributed by atoms with Crippen LogP contribution in [0.1, 0.15) is 74.5 Å². The summed E-state index contributed by atoms with van der Waals surface area (Å²) in [6.07, 6.45) is 7.01. The predicted octanol–water partition coefficient (Wildman–Crippen LogP) is 5.80. The molecule has 3 fully saturated rings. The van der Waals surface area contributed by atoms with E-state index in [2.05, 4.69) is 41.0 Å². The van der Waals surface area contributed by atoms with Crippen molar-refractivity contribution in [2.75, 3.05) is 32.7 Å². The van der Waals surface area contributed by atoms with Crippen LogP contribution in [0.4, 0.5) is 4.39 Å². The first-order valence-corrected chi connectivity index (χ1v) is 14.9. The topological polar surface area (TPSA) is 64.0 Å². The normalized spacial score (nSPS) is 25.4. The number of hydrogen-bond donors (Lipinski definition) is 2. The Kier molecular flexibility index (Phi) is 8.75. The maximum Gasteiger partial charge on any atom is 0.320 e. The maximum absolute atomic E-state index is 13.3. The number of piperidine rings is 1. The van der Waals surface area contributed by atoms with Gasteiger partial charge < -0.3 is 15.1 Å². The lowest BCUT2D eigenvalue weighted by Crippen LogP contribution is -2.42. The fourth-order valence-corrected chi connectivity index (χ4v) is 6.93. The van der Waals surface area contributed by atoms with Gasteiger partial charge in [-0.3, -0.25) is 9.69 Å². The third kappa shape index (κ3) is 7.27. The fraction of sp³-hybridized carbons (Fsp3) is 0.606. The van der Waals surface area contributed by atoms with Gasteiger partial charge in [0.05, 0.1) is 5.60 Å². The van der Waals surface area contributed by atoms with Gasteiger partial charge in [0.1, 0.15) is 11.9 Å². The Morgan fingerprint density at radius 1 is 1.05 bits per heavy atom. The van der Waals surface area contributed by atoms with Crippen molar-refractivity contribution in [1.29, 1.82) is 0 Å². The summed E-state index contributed by atoms with van der Waals surface area (Å²) in [7, 11) is 0. The van der Waals surface area contributed by atoms with Gasteiger partial charge in [-0.2, -0.15) is 0 Å². The number of carbonyl (C=O) groups is 1. The number of carboxylic acids is 1. The number of likely N-dealkylation sites (tertiary alicyclic amines) is 2. The Labute approximate surface area is 233 Å². The molecule has 1 aliphatic carbocycles. The summed E-state index contributed by atoms with van der Waals surface area (Å²) in [5.41, 5.74) is 2.43. The van der Waals surface area contributed by atoms with E-state index in [9.17, 15) is 19.4 Å². The molecule has 0 radical (unpaired) electrons. The van der Waals surface area contributed by atoms with E-state index >= 15 is 0 Å². The quantitative estimate of drug-likeness (QED) is 0.380. The fourth-order valence-electron chi connectivity index (χ4n) is 6.93. The van der Waals surface area contributed by atoms with Gasteiger partial charge in [0.2, 0.25) is 0 Å². The summed E-state index contributed by atoms with van der Waals surface area (Å²) in [4.78, 5) is 17.1. The number of aryl methyl sites for hydroxylation is 1. The number of hydrogen-bond acceptors (Lipinski definition) is 4. The number of aliphatic hydroxyl groups is 1. The van der Waals surface area contributed by atoms with Crippen LogP contribution in [0.3, 0.4) is 0 Å². The summed E-state index contributed by atoms with van der Waals surface area (Å²) in [6, 6.07) is 14.6. The van der Waals surface area contributed by atoms with Crippen LogP contribution in [0.25, 0.3) is 0 Å². The summed E-state index contributed by atoms with van der Waals surface area (Å²) < 4.78 is 13.3. The second-order valence-electron chi connectivity index (χ2n) is 12.8. The summed E-state index contributed by atoms with van der Waals surface area (Å²) >= 11 is 0. The van der Waals surface area contributed by atoms with Crippen LogP contribution in [0, 0.1) is 30.5 Å². The zero-order valence-corrected chi connectivity index (χ0v) is 23.6. The molecule has 2 aromatic rings. The van der Waals surface area contributed by atoms with Gasteiger partial charge in [-0.1, -0.05) is 54.8 Å². The molecule has 0 spiro atoms. The van der Waals surface area contributed by atoms with Crippen LogP contribution in [0.5, 0.6) is 0 Å². The highest BCUT2D eigenvalue weighted by molar-refractivity contribution is 5.73. The molecule has 1 unspecified atom stereocenters. The van der Waals surface area contributed by atoms with E-state index in [1.165, 1.54) is 36.1 Å². The van der Waals surface area contributed by atoms with Crippen molar-refractivity contribution in [3.05, 3.63) is 71.0 Å². The van der Waals surface area contributed by atoms with Gasteiger partial charge in [0.15, 0.2) is 0 Å². The molecule has 2 saturated heterocycles. The average Bonchev–Trinajstić information content (AvgIpc) is 3.65. The molecule has 2 N–H and O–H groups in total. The van der Waals surface area contributed by atoms with E-state index in [1.807, 2.05) is 6.92 Å². The monoisotopic (exact) mass is 536 g/mol. The highest BCUT2D eigenvalue weighted by Gasteiger charge is 2.42. The van der Waals surface area contributed by atoms with E-state index < -0.39 is 11.6 Å². The van der Waals surface area contributed by atoms with Crippen molar-refractivity contribution in [3.63, 3.8) is 0 Å². The van der Waals surface area contributed by atoms with Crippen molar-refractivity contribution in [1.82, 2.24) is 9.80 Å². The van der Waals surface area contributed by atoms with E-state index in [0.29, 0.717) is 30.1 Å². The van der Waals surface area contributed by atoms with Crippen molar-refractivity contribution in [3.8, 4) is 0 Å². The van der Waals surface area contributed by atoms with Crippen molar-refractivity contribution in [2.24, 2.45) is 17.8 Å². The molecule has 1 saturated carbocycles. The lowest BCUT2D eigenvalue weighted by Gasteiger charge is -2.36. The van der Waals surface area contributed by atoms with E-state index in [1.54, 1.807) is 12.1 Å². The molecular formula is C33H45FN2O3. The minimum atomic E-state index is -0.944. The van der Waals surface area contributed by atoms with Gasteiger partial charge in [-0.15, -0.1) is 0 Å². The van der Waals surface area contributed by atoms with Gasteiger partial charge in [0.25, 0.3) is 0 Å².